The fourth-order valence-corrected chi connectivity index (χ4v) is 2.53. The van der Waals surface area contributed by atoms with Crippen LogP contribution in [0.4, 0.5) is 11.5 Å². The Bertz CT molecular complexity index is 761. The predicted molar refractivity (Wildman–Crippen MR) is 95.7 cm³/mol. The Hall–Kier alpha value is -2.32. The normalized spacial score (nSPS) is 11.3. The summed E-state index contributed by atoms with van der Waals surface area (Å²) in [5.74, 6) is 1.12. The van der Waals surface area contributed by atoms with E-state index in [1.807, 2.05) is 24.3 Å². The zero-order chi connectivity index (χ0) is 17.6. The average molecular weight is 350 g/mol. The number of aromatic nitrogens is 1. The van der Waals surface area contributed by atoms with Crippen molar-refractivity contribution < 1.29 is 13.2 Å². The smallest absolute Gasteiger partial charge is 0.302 e. The Morgan fingerprint density at radius 1 is 1.21 bits per heavy atom. The van der Waals surface area contributed by atoms with Crippen LogP contribution in [0.5, 0.6) is 5.75 Å². The molecule has 7 nitrogen and oxygen atoms in total. The highest BCUT2D eigenvalue weighted by Crippen LogP contribution is 2.14. The van der Waals surface area contributed by atoms with Gasteiger partial charge in [0.1, 0.15) is 11.6 Å². The number of rotatable bonds is 8. The second-order valence-corrected chi connectivity index (χ2v) is 7.23. The number of methoxy groups -OCH3 is 1. The second kappa shape index (κ2) is 7.98. The monoisotopic (exact) mass is 350 g/mol. The van der Waals surface area contributed by atoms with Crippen LogP contribution in [0.25, 0.3) is 0 Å². The van der Waals surface area contributed by atoms with Crippen molar-refractivity contribution in [1.29, 1.82) is 0 Å². The predicted octanol–water partition coefficient (Wildman–Crippen LogP) is 1.96. The zero-order valence-corrected chi connectivity index (χ0v) is 14.8. The molecular formula is C16H22N4O3S. The molecule has 8 heteroatoms. The van der Waals surface area contributed by atoms with Gasteiger partial charge in [-0.2, -0.15) is 12.7 Å². The molecule has 0 saturated carbocycles. The molecule has 0 aliphatic carbocycles. The van der Waals surface area contributed by atoms with Gasteiger partial charge in [0.25, 0.3) is 0 Å². The van der Waals surface area contributed by atoms with Gasteiger partial charge in [0.15, 0.2) is 0 Å². The second-order valence-electron chi connectivity index (χ2n) is 5.35. The van der Waals surface area contributed by atoms with Crippen molar-refractivity contribution in [2.75, 3.05) is 37.8 Å². The average Bonchev–Trinajstić information content (AvgIpc) is 2.56. The molecule has 24 heavy (non-hydrogen) atoms. The van der Waals surface area contributed by atoms with Gasteiger partial charge in [0.2, 0.25) is 0 Å². The molecule has 0 spiro atoms. The summed E-state index contributed by atoms with van der Waals surface area (Å²) in [6.07, 6.45) is 2.44. The molecule has 2 aromatic rings. The Kier molecular flexibility index (Phi) is 5.99. The summed E-state index contributed by atoms with van der Waals surface area (Å²) in [6.45, 7) is 0.734. The summed E-state index contributed by atoms with van der Waals surface area (Å²) in [6, 6.07) is 11.3. The molecule has 0 unspecified atom stereocenters. The molecule has 0 fully saturated rings. The standard InChI is InChI=1S/C16H22N4O3S/c1-20(2)24(21,22)19-16-8-7-14(12-18-16)17-10-9-13-5-4-6-15(11-13)23-3/h4-8,11-12,17H,9-10H2,1-3H3,(H,18,19). The van der Waals surface area contributed by atoms with Gasteiger partial charge in [0, 0.05) is 20.6 Å². The van der Waals surface area contributed by atoms with Gasteiger partial charge >= 0.3 is 10.2 Å². The molecule has 130 valence electrons. The maximum atomic E-state index is 11.7. The lowest BCUT2D eigenvalue weighted by atomic mass is 10.1. The van der Waals surface area contributed by atoms with Gasteiger partial charge < -0.3 is 10.1 Å². The molecule has 0 saturated heterocycles. The lowest BCUT2D eigenvalue weighted by Gasteiger charge is -2.13. The number of hydrogen-bond donors (Lipinski definition) is 2. The van der Waals surface area contributed by atoms with Crippen LogP contribution < -0.4 is 14.8 Å². The molecule has 0 atom stereocenters. The maximum Gasteiger partial charge on any atom is 0.302 e. The van der Waals surface area contributed by atoms with E-state index in [-0.39, 0.29) is 5.82 Å². The lowest BCUT2D eigenvalue weighted by Crippen LogP contribution is -2.29. The first kappa shape index (κ1) is 18.0. The number of anilines is 2. The molecular weight excluding hydrogens is 328 g/mol. The molecule has 1 aromatic heterocycles. The first-order valence-electron chi connectivity index (χ1n) is 7.44. The Morgan fingerprint density at radius 2 is 2.00 bits per heavy atom. The van der Waals surface area contributed by atoms with E-state index < -0.39 is 10.2 Å². The SMILES string of the molecule is COc1cccc(CCNc2ccc(NS(=O)(=O)N(C)C)nc2)c1. The molecule has 0 aliphatic rings. The van der Waals surface area contributed by atoms with Gasteiger partial charge in [-0.15, -0.1) is 0 Å². The summed E-state index contributed by atoms with van der Waals surface area (Å²) in [7, 11) is 1.02. The van der Waals surface area contributed by atoms with Gasteiger partial charge in [-0.1, -0.05) is 12.1 Å². The van der Waals surface area contributed by atoms with E-state index in [0.29, 0.717) is 0 Å². The van der Waals surface area contributed by atoms with E-state index in [1.54, 1.807) is 25.4 Å². The summed E-state index contributed by atoms with van der Waals surface area (Å²) >= 11 is 0. The van der Waals surface area contributed by atoms with Gasteiger partial charge in [0.05, 0.1) is 19.0 Å². The molecule has 2 N–H and O–H groups in total. The Morgan fingerprint density at radius 3 is 2.62 bits per heavy atom. The van der Waals surface area contributed by atoms with E-state index in [0.717, 1.165) is 28.7 Å². The summed E-state index contributed by atoms with van der Waals surface area (Å²) < 4.78 is 32.1. The van der Waals surface area contributed by atoms with Crippen molar-refractivity contribution in [3.05, 3.63) is 48.2 Å². The van der Waals surface area contributed by atoms with Crippen LogP contribution in [-0.2, 0) is 16.6 Å². The Labute approximate surface area is 142 Å². The number of hydrogen-bond acceptors (Lipinski definition) is 5. The third-order valence-corrected chi connectivity index (χ3v) is 4.78. The molecule has 1 aromatic carbocycles. The number of nitrogens with zero attached hydrogens (tertiary/aromatic N) is 2. The first-order chi connectivity index (χ1) is 11.4. The minimum absolute atomic E-state index is 0.280. The maximum absolute atomic E-state index is 11.7. The fourth-order valence-electron chi connectivity index (χ4n) is 1.96. The molecule has 0 radical (unpaired) electrons. The quantitative estimate of drug-likeness (QED) is 0.760. The molecule has 0 amide bonds. The number of ether oxygens (including phenoxy) is 1. The lowest BCUT2D eigenvalue weighted by molar-refractivity contribution is 0.414. The third kappa shape index (κ3) is 5.10. The number of benzene rings is 1. The van der Waals surface area contributed by atoms with E-state index >= 15 is 0 Å². The van der Waals surface area contributed by atoms with Crippen molar-refractivity contribution >= 4 is 21.7 Å². The highest BCUT2D eigenvalue weighted by Gasteiger charge is 2.13. The van der Waals surface area contributed by atoms with Crippen molar-refractivity contribution in [1.82, 2.24) is 9.29 Å². The van der Waals surface area contributed by atoms with Gasteiger partial charge in [-0.05, 0) is 36.2 Å². The molecule has 2 rings (SSSR count). The van der Waals surface area contributed by atoms with Crippen LogP contribution in [0.15, 0.2) is 42.6 Å². The minimum Gasteiger partial charge on any atom is -0.497 e. The van der Waals surface area contributed by atoms with Crippen LogP contribution in [0, 0.1) is 0 Å². The van der Waals surface area contributed by atoms with E-state index in [1.165, 1.54) is 19.7 Å². The van der Waals surface area contributed by atoms with Gasteiger partial charge in [-0.25, -0.2) is 4.98 Å². The minimum atomic E-state index is -3.54. The van der Waals surface area contributed by atoms with Crippen LogP contribution in [0.2, 0.25) is 0 Å². The van der Waals surface area contributed by atoms with Crippen molar-refractivity contribution in [3.63, 3.8) is 0 Å². The largest absolute Gasteiger partial charge is 0.497 e. The van der Waals surface area contributed by atoms with Gasteiger partial charge in [-0.3, -0.25) is 4.72 Å². The van der Waals surface area contributed by atoms with Crippen molar-refractivity contribution in [3.8, 4) is 5.75 Å². The highest BCUT2D eigenvalue weighted by atomic mass is 32.2. The zero-order valence-electron chi connectivity index (χ0n) is 14.0. The molecule has 1 heterocycles. The van der Waals surface area contributed by atoms with Crippen molar-refractivity contribution in [2.24, 2.45) is 0 Å². The third-order valence-electron chi connectivity index (χ3n) is 3.35. The Balaban J connectivity index is 1.88. The van der Waals surface area contributed by atoms with E-state index in [4.69, 9.17) is 4.74 Å². The highest BCUT2D eigenvalue weighted by molar-refractivity contribution is 7.90. The van der Waals surface area contributed by atoms with Crippen LogP contribution in [-0.4, -0.2) is 45.5 Å². The van der Waals surface area contributed by atoms with Crippen molar-refractivity contribution in [2.45, 2.75) is 6.42 Å². The number of nitrogens with one attached hydrogen (secondary N) is 2. The van der Waals surface area contributed by atoms with Crippen LogP contribution in [0.1, 0.15) is 5.56 Å². The summed E-state index contributed by atoms with van der Waals surface area (Å²) in [4.78, 5) is 4.10. The molecule has 0 aliphatic heterocycles. The fraction of sp³-hybridized carbons (Fsp3) is 0.312. The van der Waals surface area contributed by atoms with Crippen LogP contribution in [0.3, 0.4) is 0 Å². The topological polar surface area (TPSA) is 83.6 Å². The van der Waals surface area contributed by atoms with E-state index in [9.17, 15) is 8.42 Å². The number of pyridine rings is 1. The summed E-state index contributed by atoms with van der Waals surface area (Å²) in [5, 5.41) is 3.25. The molecule has 0 bridgehead atoms. The summed E-state index contributed by atoms with van der Waals surface area (Å²) in [5.41, 5.74) is 2.00. The van der Waals surface area contributed by atoms with E-state index in [2.05, 4.69) is 15.0 Å². The first-order valence-corrected chi connectivity index (χ1v) is 8.88. The van der Waals surface area contributed by atoms with Crippen LogP contribution >= 0.6 is 0 Å².